The number of aliphatic carboxylic acids is 1. The topological polar surface area (TPSA) is 95.0 Å². The molecular weight excluding hydrogens is 316 g/mol. The van der Waals surface area contributed by atoms with Crippen LogP contribution in [0.25, 0.3) is 0 Å². The van der Waals surface area contributed by atoms with Crippen LogP contribution in [0.4, 0.5) is 4.79 Å². The number of hydrogen-bond donors (Lipinski definition) is 1. The zero-order valence-electron chi connectivity index (χ0n) is 11.9. The molecule has 21 heavy (non-hydrogen) atoms. The van der Waals surface area contributed by atoms with Gasteiger partial charge in [0.1, 0.15) is 11.4 Å². The molecule has 0 aromatic rings. The molecular formula is C12H20N2O5S2. The van der Waals surface area contributed by atoms with Crippen LogP contribution in [0.3, 0.4) is 0 Å². The zero-order chi connectivity index (χ0) is 15.6. The van der Waals surface area contributed by atoms with Gasteiger partial charge in [-0.25, -0.2) is 18.0 Å². The summed E-state index contributed by atoms with van der Waals surface area (Å²) in [6.07, 6.45) is 3.07. The molecule has 0 spiro atoms. The van der Waals surface area contributed by atoms with Crippen LogP contribution in [-0.4, -0.2) is 77.6 Å². The van der Waals surface area contributed by atoms with Gasteiger partial charge in [-0.2, -0.15) is 11.8 Å². The molecule has 2 rings (SSSR count). The van der Waals surface area contributed by atoms with Gasteiger partial charge in [0.2, 0.25) is 0 Å². The maximum atomic E-state index is 12.6. The van der Waals surface area contributed by atoms with Crippen molar-refractivity contribution >= 4 is 33.6 Å². The van der Waals surface area contributed by atoms with Crippen molar-refractivity contribution in [1.29, 1.82) is 0 Å². The molecule has 120 valence electrons. The summed E-state index contributed by atoms with van der Waals surface area (Å²) in [6, 6.07) is -1.31. The quantitative estimate of drug-likeness (QED) is 0.787. The second kappa shape index (κ2) is 6.43. The van der Waals surface area contributed by atoms with E-state index in [1.165, 1.54) is 21.6 Å². The molecule has 0 saturated carbocycles. The highest BCUT2D eigenvalue weighted by molar-refractivity contribution is 8.00. The number of carbonyl (C=O) groups is 2. The van der Waals surface area contributed by atoms with Crippen LogP contribution < -0.4 is 0 Å². The van der Waals surface area contributed by atoms with E-state index in [0.717, 1.165) is 19.1 Å². The fraction of sp³-hybridized carbons (Fsp3) is 0.833. The molecule has 2 aliphatic rings. The Morgan fingerprint density at radius 1 is 1.19 bits per heavy atom. The smallest absolute Gasteiger partial charge is 0.326 e. The number of likely N-dealkylation sites (tertiary alicyclic amines) is 1. The zero-order valence-corrected chi connectivity index (χ0v) is 13.5. The molecule has 2 unspecified atom stereocenters. The monoisotopic (exact) mass is 336 g/mol. The van der Waals surface area contributed by atoms with Crippen LogP contribution >= 0.6 is 11.8 Å². The molecule has 9 heteroatoms. The van der Waals surface area contributed by atoms with Crippen molar-refractivity contribution in [3.63, 3.8) is 0 Å². The van der Waals surface area contributed by atoms with Crippen molar-refractivity contribution in [2.45, 2.75) is 30.7 Å². The molecule has 0 radical (unpaired) electrons. The fourth-order valence-electron chi connectivity index (χ4n) is 2.74. The molecule has 0 aliphatic carbocycles. The lowest BCUT2D eigenvalue weighted by atomic mass is 10.0. The third-order valence-corrected chi connectivity index (χ3v) is 6.50. The van der Waals surface area contributed by atoms with Crippen molar-refractivity contribution < 1.29 is 23.1 Å². The van der Waals surface area contributed by atoms with E-state index in [9.17, 15) is 23.1 Å². The number of thioether (sulfide) groups is 1. The van der Waals surface area contributed by atoms with E-state index in [2.05, 4.69) is 0 Å². The maximum Gasteiger partial charge on any atom is 0.326 e. The van der Waals surface area contributed by atoms with Crippen LogP contribution in [0.5, 0.6) is 0 Å². The van der Waals surface area contributed by atoms with Gasteiger partial charge >= 0.3 is 12.0 Å². The Bertz CT molecular complexity index is 522. The molecule has 7 nitrogen and oxygen atoms in total. The van der Waals surface area contributed by atoms with E-state index in [1.54, 1.807) is 0 Å². The van der Waals surface area contributed by atoms with Gasteiger partial charge in [0.05, 0.1) is 0 Å². The highest BCUT2D eigenvalue weighted by Gasteiger charge is 2.40. The first-order valence-corrected chi connectivity index (χ1v) is 10.00. The number of urea groups is 1. The van der Waals surface area contributed by atoms with Crippen LogP contribution in [-0.2, 0) is 14.6 Å². The number of carboxylic acid groups (broad SMARTS) is 1. The van der Waals surface area contributed by atoms with Gasteiger partial charge in [0.25, 0.3) is 0 Å². The van der Waals surface area contributed by atoms with Crippen LogP contribution in [0.1, 0.15) is 19.3 Å². The number of piperidine rings is 1. The summed E-state index contributed by atoms with van der Waals surface area (Å²) < 4.78 is 23.7. The Balaban J connectivity index is 2.21. The molecule has 0 aromatic heterocycles. The number of sulfone groups is 1. The number of carbonyl (C=O) groups excluding carboxylic acids is 1. The molecule has 0 bridgehead atoms. The molecule has 2 fully saturated rings. The van der Waals surface area contributed by atoms with Crippen LogP contribution in [0.15, 0.2) is 0 Å². The first-order chi connectivity index (χ1) is 9.82. The summed E-state index contributed by atoms with van der Waals surface area (Å²) >= 11 is 1.50. The predicted molar refractivity (Wildman–Crippen MR) is 80.0 cm³/mol. The Kier molecular flexibility index (Phi) is 5.03. The number of rotatable bonds is 2. The van der Waals surface area contributed by atoms with E-state index < -0.39 is 33.3 Å². The van der Waals surface area contributed by atoms with E-state index in [0.29, 0.717) is 31.0 Å². The van der Waals surface area contributed by atoms with Gasteiger partial charge in [-0.05, 0) is 19.3 Å². The fourth-order valence-corrected chi connectivity index (χ4v) is 5.55. The summed E-state index contributed by atoms with van der Waals surface area (Å²) in [4.78, 5) is 26.6. The van der Waals surface area contributed by atoms with E-state index in [4.69, 9.17) is 0 Å². The minimum Gasteiger partial charge on any atom is -0.480 e. The first kappa shape index (κ1) is 16.4. The lowest BCUT2D eigenvalue weighted by Gasteiger charge is -2.41. The lowest BCUT2D eigenvalue weighted by Crippen LogP contribution is -2.58. The Hall–Kier alpha value is -0.960. The Morgan fingerprint density at radius 2 is 1.90 bits per heavy atom. The SMILES string of the molecule is CS(=O)(=O)C1CSCCN1C(=O)N1CCCCC1C(=O)O. The first-order valence-electron chi connectivity index (χ1n) is 6.89. The van der Waals surface area contributed by atoms with Gasteiger partial charge in [-0.1, -0.05) is 0 Å². The maximum absolute atomic E-state index is 12.6. The van der Waals surface area contributed by atoms with Gasteiger partial charge in [0.15, 0.2) is 9.84 Å². The molecule has 2 saturated heterocycles. The minimum absolute atomic E-state index is 0.337. The number of amides is 2. The van der Waals surface area contributed by atoms with E-state index >= 15 is 0 Å². The van der Waals surface area contributed by atoms with Gasteiger partial charge < -0.3 is 14.9 Å². The summed E-state index contributed by atoms with van der Waals surface area (Å²) in [7, 11) is -3.39. The van der Waals surface area contributed by atoms with Crippen molar-refractivity contribution in [2.24, 2.45) is 0 Å². The second-order valence-corrected chi connectivity index (χ2v) is 8.73. The van der Waals surface area contributed by atoms with Gasteiger partial charge in [-0.3, -0.25) is 0 Å². The third kappa shape index (κ3) is 3.63. The number of carboxylic acids is 1. The molecule has 2 atom stereocenters. The molecule has 2 heterocycles. The summed E-state index contributed by atoms with van der Waals surface area (Å²) in [5, 5.41) is 8.39. The minimum atomic E-state index is -3.39. The normalized spacial score (nSPS) is 27.5. The Labute approximate surface area is 128 Å². The predicted octanol–water partition coefficient (Wildman–Crippen LogP) is 0.465. The lowest BCUT2D eigenvalue weighted by molar-refractivity contribution is -0.143. The number of nitrogens with zero attached hydrogens (tertiary/aromatic N) is 2. The van der Waals surface area contributed by atoms with E-state index in [1.807, 2.05) is 0 Å². The summed E-state index contributed by atoms with van der Waals surface area (Å²) in [6.45, 7) is 0.708. The van der Waals surface area contributed by atoms with Crippen molar-refractivity contribution in [3.8, 4) is 0 Å². The summed E-state index contributed by atoms with van der Waals surface area (Å²) in [5.41, 5.74) is 0. The highest BCUT2D eigenvalue weighted by atomic mass is 32.2. The summed E-state index contributed by atoms with van der Waals surface area (Å²) in [5.74, 6) is -0.00945. The van der Waals surface area contributed by atoms with Crippen molar-refractivity contribution in [1.82, 2.24) is 9.80 Å². The molecule has 2 amide bonds. The van der Waals surface area contributed by atoms with Crippen molar-refractivity contribution in [3.05, 3.63) is 0 Å². The van der Waals surface area contributed by atoms with Gasteiger partial charge in [0, 0.05) is 30.9 Å². The van der Waals surface area contributed by atoms with E-state index in [-0.39, 0.29) is 0 Å². The third-order valence-electron chi connectivity index (χ3n) is 3.86. The van der Waals surface area contributed by atoms with Gasteiger partial charge in [-0.15, -0.1) is 0 Å². The highest BCUT2D eigenvalue weighted by Crippen LogP contribution is 2.25. The largest absolute Gasteiger partial charge is 0.480 e. The molecule has 0 aromatic carbocycles. The molecule has 1 N–H and O–H groups in total. The second-order valence-electron chi connectivity index (χ2n) is 5.38. The van der Waals surface area contributed by atoms with Crippen LogP contribution in [0.2, 0.25) is 0 Å². The average molecular weight is 336 g/mol. The number of hydrogen-bond acceptors (Lipinski definition) is 5. The van der Waals surface area contributed by atoms with Crippen LogP contribution in [0, 0.1) is 0 Å². The van der Waals surface area contributed by atoms with Crippen molar-refractivity contribution in [2.75, 3.05) is 30.9 Å². The Morgan fingerprint density at radius 3 is 2.52 bits per heavy atom. The molecule has 2 aliphatic heterocycles. The standard InChI is InChI=1S/C12H20N2O5S2/c1-21(18,19)10-8-20-7-6-14(10)12(17)13-5-3-2-4-9(13)11(15)16/h9-10H,2-8H2,1H3,(H,15,16). The average Bonchev–Trinajstić information content (AvgIpc) is 2.45.